The van der Waals surface area contributed by atoms with E-state index in [1.807, 2.05) is 61.5 Å². The molecule has 0 radical (unpaired) electrons. The van der Waals surface area contributed by atoms with Crippen LogP contribution in [-0.2, 0) is 4.79 Å². The van der Waals surface area contributed by atoms with Crippen molar-refractivity contribution in [2.45, 2.75) is 13.0 Å². The van der Waals surface area contributed by atoms with Crippen molar-refractivity contribution in [3.05, 3.63) is 65.7 Å². The Balaban J connectivity index is 1.63. The topological polar surface area (TPSA) is 49.8 Å². The van der Waals surface area contributed by atoms with Crippen LogP contribution in [0.5, 0.6) is 5.75 Å². The molecule has 2 aromatic rings. The predicted octanol–water partition coefficient (Wildman–Crippen LogP) is 3.30. The minimum atomic E-state index is -0.547. The van der Waals surface area contributed by atoms with Gasteiger partial charge in [0, 0.05) is 12.8 Å². The number of hydrogen-bond donors (Lipinski definition) is 1. The van der Waals surface area contributed by atoms with Crippen molar-refractivity contribution in [2.75, 3.05) is 31.7 Å². The second-order valence-corrected chi connectivity index (χ2v) is 6.95. The van der Waals surface area contributed by atoms with E-state index in [9.17, 15) is 9.90 Å². The lowest BCUT2D eigenvalue weighted by Gasteiger charge is -2.18. The summed E-state index contributed by atoms with van der Waals surface area (Å²) in [6.45, 7) is 3.03. The maximum Gasteiger partial charge on any atom is 0.232 e. The third-order valence-electron chi connectivity index (χ3n) is 3.83. The normalized spacial score (nSPS) is 11.8. The SMILES string of the molecule is Cc1ccc(OCCN(C)C(=O)CSCC(O)c2ccccc2)cc1. The summed E-state index contributed by atoms with van der Waals surface area (Å²) in [4.78, 5) is 13.8. The molecule has 1 atom stereocenters. The molecule has 1 unspecified atom stereocenters. The highest BCUT2D eigenvalue weighted by molar-refractivity contribution is 7.99. The van der Waals surface area contributed by atoms with Gasteiger partial charge in [0.15, 0.2) is 0 Å². The molecule has 0 saturated carbocycles. The van der Waals surface area contributed by atoms with Crippen LogP contribution in [0, 0.1) is 6.92 Å². The fourth-order valence-electron chi connectivity index (χ4n) is 2.20. The van der Waals surface area contributed by atoms with E-state index in [1.54, 1.807) is 11.9 Å². The Morgan fingerprint density at radius 2 is 1.84 bits per heavy atom. The van der Waals surface area contributed by atoms with Gasteiger partial charge >= 0.3 is 0 Å². The van der Waals surface area contributed by atoms with Crippen molar-refractivity contribution in [1.29, 1.82) is 0 Å². The first-order valence-corrected chi connectivity index (χ1v) is 9.46. The number of benzene rings is 2. The highest BCUT2D eigenvalue weighted by atomic mass is 32.2. The summed E-state index contributed by atoms with van der Waals surface area (Å²) >= 11 is 1.44. The number of carbonyl (C=O) groups is 1. The average Bonchev–Trinajstić information content (AvgIpc) is 2.63. The predicted molar refractivity (Wildman–Crippen MR) is 103 cm³/mol. The molecule has 4 nitrogen and oxygen atoms in total. The minimum absolute atomic E-state index is 0.0396. The number of aliphatic hydroxyl groups is 1. The summed E-state index contributed by atoms with van der Waals surface area (Å²) in [6.07, 6.45) is -0.547. The van der Waals surface area contributed by atoms with Crippen molar-refractivity contribution >= 4 is 17.7 Å². The van der Waals surface area contributed by atoms with Crippen LogP contribution in [-0.4, -0.2) is 47.6 Å². The Bertz CT molecular complexity index is 646. The first-order chi connectivity index (χ1) is 12.1. The van der Waals surface area contributed by atoms with Gasteiger partial charge in [0.2, 0.25) is 5.91 Å². The van der Waals surface area contributed by atoms with Gasteiger partial charge in [-0.05, 0) is 24.6 Å². The maximum atomic E-state index is 12.1. The number of aliphatic hydroxyl groups excluding tert-OH is 1. The highest BCUT2D eigenvalue weighted by Crippen LogP contribution is 2.18. The summed E-state index contributed by atoms with van der Waals surface area (Å²) in [6, 6.07) is 17.4. The number of amides is 1. The molecule has 0 spiro atoms. The van der Waals surface area contributed by atoms with Crippen LogP contribution in [0.15, 0.2) is 54.6 Å². The van der Waals surface area contributed by atoms with Gasteiger partial charge in [0.05, 0.1) is 18.4 Å². The van der Waals surface area contributed by atoms with Crippen molar-refractivity contribution < 1.29 is 14.6 Å². The molecule has 2 rings (SSSR count). The first-order valence-electron chi connectivity index (χ1n) is 8.30. The van der Waals surface area contributed by atoms with Gasteiger partial charge in [0.25, 0.3) is 0 Å². The van der Waals surface area contributed by atoms with E-state index in [0.29, 0.717) is 24.7 Å². The molecular formula is C20H25NO3S. The van der Waals surface area contributed by atoms with Crippen LogP contribution in [0.25, 0.3) is 0 Å². The lowest BCUT2D eigenvalue weighted by atomic mass is 10.1. The van der Waals surface area contributed by atoms with Gasteiger partial charge in [-0.2, -0.15) is 0 Å². The lowest BCUT2D eigenvalue weighted by Crippen LogP contribution is -2.32. The summed E-state index contributed by atoms with van der Waals surface area (Å²) in [7, 11) is 1.77. The molecule has 0 fully saturated rings. The summed E-state index contributed by atoms with van der Waals surface area (Å²) in [5.41, 5.74) is 2.07. The van der Waals surface area contributed by atoms with Gasteiger partial charge in [0.1, 0.15) is 12.4 Å². The minimum Gasteiger partial charge on any atom is -0.492 e. The molecule has 1 N–H and O–H groups in total. The van der Waals surface area contributed by atoms with Crippen molar-refractivity contribution in [2.24, 2.45) is 0 Å². The van der Waals surface area contributed by atoms with Crippen LogP contribution in [0.1, 0.15) is 17.2 Å². The number of thioether (sulfide) groups is 1. The van der Waals surface area contributed by atoms with E-state index in [1.165, 1.54) is 17.3 Å². The molecule has 0 heterocycles. The molecule has 0 aliphatic carbocycles. The standard InChI is InChI=1S/C20H25NO3S/c1-16-8-10-18(11-9-16)24-13-12-21(2)20(23)15-25-14-19(22)17-6-4-3-5-7-17/h3-11,19,22H,12-15H2,1-2H3. The van der Waals surface area contributed by atoms with Gasteiger partial charge in [-0.25, -0.2) is 0 Å². The number of carbonyl (C=O) groups excluding carboxylic acids is 1. The molecule has 0 aromatic heterocycles. The number of rotatable bonds is 9. The zero-order valence-electron chi connectivity index (χ0n) is 14.7. The number of aryl methyl sites for hydroxylation is 1. The lowest BCUT2D eigenvalue weighted by molar-refractivity contribution is -0.127. The second-order valence-electron chi connectivity index (χ2n) is 5.92. The first kappa shape index (κ1) is 19.3. The molecule has 0 aliphatic rings. The fraction of sp³-hybridized carbons (Fsp3) is 0.350. The van der Waals surface area contributed by atoms with Crippen LogP contribution < -0.4 is 4.74 Å². The monoisotopic (exact) mass is 359 g/mol. The molecule has 2 aromatic carbocycles. The van der Waals surface area contributed by atoms with Crippen LogP contribution in [0.2, 0.25) is 0 Å². The van der Waals surface area contributed by atoms with Crippen molar-refractivity contribution in [3.8, 4) is 5.75 Å². The largest absolute Gasteiger partial charge is 0.492 e. The van der Waals surface area contributed by atoms with E-state index in [4.69, 9.17) is 4.74 Å². The molecule has 5 heteroatoms. The Labute approximate surface area is 153 Å². The third-order valence-corrected chi connectivity index (χ3v) is 4.83. The van der Waals surface area contributed by atoms with Gasteiger partial charge in [-0.1, -0.05) is 48.0 Å². The van der Waals surface area contributed by atoms with Crippen LogP contribution >= 0.6 is 11.8 Å². The quantitative estimate of drug-likeness (QED) is 0.746. The second kappa shape index (κ2) is 10.1. The maximum absolute atomic E-state index is 12.1. The molecule has 134 valence electrons. The molecular weight excluding hydrogens is 334 g/mol. The van der Waals surface area contributed by atoms with E-state index in [2.05, 4.69) is 0 Å². The van der Waals surface area contributed by atoms with Crippen molar-refractivity contribution in [3.63, 3.8) is 0 Å². The average molecular weight is 359 g/mol. The van der Waals surface area contributed by atoms with Gasteiger partial charge in [-0.3, -0.25) is 4.79 Å². The summed E-state index contributed by atoms with van der Waals surface area (Å²) in [5, 5.41) is 10.1. The van der Waals surface area contributed by atoms with Crippen LogP contribution in [0.4, 0.5) is 0 Å². The van der Waals surface area contributed by atoms with E-state index >= 15 is 0 Å². The third kappa shape index (κ3) is 6.80. The van der Waals surface area contributed by atoms with E-state index < -0.39 is 6.10 Å². The highest BCUT2D eigenvalue weighted by Gasteiger charge is 2.12. The zero-order valence-corrected chi connectivity index (χ0v) is 15.5. The van der Waals surface area contributed by atoms with Crippen molar-refractivity contribution in [1.82, 2.24) is 4.90 Å². The van der Waals surface area contributed by atoms with Crippen LogP contribution in [0.3, 0.4) is 0 Å². The molecule has 25 heavy (non-hydrogen) atoms. The fourth-order valence-corrected chi connectivity index (χ4v) is 3.13. The summed E-state index contributed by atoms with van der Waals surface area (Å²) in [5.74, 6) is 1.71. The van der Waals surface area contributed by atoms with Gasteiger partial charge < -0.3 is 14.7 Å². The Hall–Kier alpha value is -1.98. The number of nitrogens with zero attached hydrogens (tertiary/aromatic N) is 1. The number of hydrogen-bond acceptors (Lipinski definition) is 4. The Morgan fingerprint density at radius 1 is 1.16 bits per heavy atom. The number of ether oxygens (including phenoxy) is 1. The van der Waals surface area contributed by atoms with E-state index in [-0.39, 0.29) is 5.91 Å². The Morgan fingerprint density at radius 3 is 2.52 bits per heavy atom. The molecule has 0 bridgehead atoms. The number of likely N-dealkylation sites (N-methyl/N-ethyl adjacent to an activating group) is 1. The summed E-state index contributed by atoms with van der Waals surface area (Å²) < 4.78 is 5.64. The molecule has 1 amide bonds. The smallest absolute Gasteiger partial charge is 0.232 e. The van der Waals surface area contributed by atoms with Gasteiger partial charge in [-0.15, -0.1) is 11.8 Å². The zero-order chi connectivity index (χ0) is 18.1. The van der Waals surface area contributed by atoms with E-state index in [0.717, 1.165) is 11.3 Å². The Kier molecular flexibility index (Phi) is 7.82. The molecule has 0 aliphatic heterocycles. The molecule has 0 saturated heterocycles.